The van der Waals surface area contributed by atoms with Crippen LogP contribution in [0.2, 0.25) is 0 Å². The second-order valence-electron chi connectivity index (χ2n) is 9.42. The number of aliphatic hydroxyl groups excluding tert-OH is 1. The zero-order chi connectivity index (χ0) is 18.8. The van der Waals surface area contributed by atoms with Gasteiger partial charge in [0.05, 0.1) is 18.2 Å². The van der Waals surface area contributed by atoms with Crippen molar-refractivity contribution in [3.8, 4) is 0 Å². The van der Waals surface area contributed by atoms with E-state index in [9.17, 15) is 15.0 Å². The van der Waals surface area contributed by atoms with E-state index in [1.807, 2.05) is 0 Å². The first-order chi connectivity index (χ1) is 10.7. The van der Waals surface area contributed by atoms with E-state index in [1.54, 1.807) is 27.7 Å². The Balaban J connectivity index is 2.46. The minimum atomic E-state index is -1.08. The fourth-order valence-electron chi connectivity index (χ4n) is 3.27. The molecule has 3 atom stereocenters. The maximum absolute atomic E-state index is 11.7. The first-order valence-corrected chi connectivity index (χ1v) is 8.79. The monoisotopic (exact) mass is 344 g/mol. The van der Waals surface area contributed by atoms with Gasteiger partial charge >= 0.3 is 6.09 Å². The summed E-state index contributed by atoms with van der Waals surface area (Å²) >= 11 is 0. The van der Waals surface area contributed by atoms with Crippen LogP contribution in [0.25, 0.3) is 0 Å². The Morgan fingerprint density at radius 3 is 2.25 bits per heavy atom. The molecule has 1 rings (SSSR count). The van der Waals surface area contributed by atoms with Gasteiger partial charge in [0.2, 0.25) is 0 Å². The topological polar surface area (TPSA) is 82.0 Å². The second kappa shape index (κ2) is 7.58. The third-order valence-electron chi connectivity index (χ3n) is 4.36. The summed E-state index contributed by atoms with van der Waals surface area (Å²) in [5, 5.41) is 23.5. The highest BCUT2D eigenvalue weighted by Gasteiger charge is 2.37. The van der Waals surface area contributed by atoms with Gasteiger partial charge in [-0.3, -0.25) is 4.90 Å². The predicted octanol–water partition coefficient (Wildman–Crippen LogP) is 1.99. The molecule has 0 aromatic heterocycles. The maximum atomic E-state index is 11.7. The number of nitrogens with one attached hydrogen (secondary N) is 1. The van der Waals surface area contributed by atoms with Gasteiger partial charge in [0.1, 0.15) is 5.60 Å². The Hall–Kier alpha value is -0.850. The number of hydrogen-bond donors (Lipinski definition) is 3. The maximum Gasteiger partial charge on any atom is 0.407 e. The largest absolute Gasteiger partial charge is 0.444 e. The van der Waals surface area contributed by atoms with Crippen LogP contribution in [0.15, 0.2) is 0 Å². The third-order valence-corrected chi connectivity index (χ3v) is 4.36. The predicted molar refractivity (Wildman–Crippen MR) is 94.9 cm³/mol. The van der Waals surface area contributed by atoms with Crippen molar-refractivity contribution < 1.29 is 19.7 Å². The van der Waals surface area contributed by atoms with E-state index in [-0.39, 0.29) is 17.9 Å². The molecule has 3 N–H and O–H groups in total. The molecule has 3 unspecified atom stereocenters. The molecule has 0 aliphatic carbocycles. The van der Waals surface area contributed by atoms with Crippen molar-refractivity contribution in [1.29, 1.82) is 0 Å². The zero-order valence-electron chi connectivity index (χ0n) is 16.3. The van der Waals surface area contributed by atoms with Gasteiger partial charge in [0, 0.05) is 13.1 Å². The van der Waals surface area contributed by atoms with Crippen molar-refractivity contribution in [2.24, 2.45) is 11.3 Å². The number of ether oxygens (including phenoxy) is 1. The van der Waals surface area contributed by atoms with Gasteiger partial charge < -0.3 is 20.3 Å². The normalized spacial score (nSPS) is 25.9. The zero-order valence-corrected chi connectivity index (χ0v) is 16.3. The molecular formula is C18H36N2O4. The molecule has 1 saturated heterocycles. The number of likely N-dealkylation sites (tertiary alicyclic amines) is 1. The van der Waals surface area contributed by atoms with Gasteiger partial charge in [-0.05, 0) is 52.0 Å². The molecule has 0 aromatic carbocycles. The molecule has 0 saturated carbocycles. The average Bonchev–Trinajstić information content (AvgIpc) is 2.32. The van der Waals surface area contributed by atoms with Crippen molar-refractivity contribution in [2.75, 3.05) is 26.2 Å². The molecular weight excluding hydrogens is 308 g/mol. The summed E-state index contributed by atoms with van der Waals surface area (Å²) in [6, 6.07) is 0. The molecule has 1 fully saturated rings. The minimum absolute atomic E-state index is 0.0757. The molecule has 0 bridgehead atoms. The van der Waals surface area contributed by atoms with Crippen LogP contribution in [0.5, 0.6) is 0 Å². The Morgan fingerprint density at radius 2 is 1.79 bits per heavy atom. The standard InChI is InChI=1S/C18H36N2O4/c1-16(2,3)13-8-9-20(10-14(13)21)12-18(7,23)11-19-15(22)24-17(4,5)6/h13-14,21,23H,8-12H2,1-7H3,(H,19,22). The molecule has 1 aliphatic rings. The van der Waals surface area contributed by atoms with Gasteiger partial charge in [-0.15, -0.1) is 0 Å². The summed E-state index contributed by atoms with van der Waals surface area (Å²) in [5.41, 5.74) is -1.56. The van der Waals surface area contributed by atoms with Gasteiger partial charge in [-0.25, -0.2) is 4.79 Å². The van der Waals surface area contributed by atoms with Gasteiger partial charge in [-0.1, -0.05) is 20.8 Å². The number of amides is 1. The third kappa shape index (κ3) is 7.36. The highest BCUT2D eigenvalue weighted by Crippen LogP contribution is 2.34. The van der Waals surface area contributed by atoms with Crippen LogP contribution in [-0.2, 0) is 4.74 Å². The molecule has 0 spiro atoms. The molecule has 6 heteroatoms. The lowest BCUT2D eigenvalue weighted by atomic mass is 9.73. The average molecular weight is 344 g/mol. The quantitative estimate of drug-likeness (QED) is 0.726. The fraction of sp³-hybridized carbons (Fsp3) is 0.944. The molecule has 6 nitrogen and oxygen atoms in total. The van der Waals surface area contributed by atoms with E-state index in [0.717, 1.165) is 13.0 Å². The number of nitrogens with zero attached hydrogens (tertiary/aromatic N) is 1. The van der Waals surface area contributed by atoms with Crippen LogP contribution in [0.1, 0.15) is 54.9 Å². The van der Waals surface area contributed by atoms with Gasteiger partial charge in [0.25, 0.3) is 0 Å². The van der Waals surface area contributed by atoms with Crippen LogP contribution in [0, 0.1) is 11.3 Å². The fourth-order valence-corrected chi connectivity index (χ4v) is 3.27. The summed E-state index contributed by atoms with van der Waals surface area (Å²) in [6.45, 7) is 15.4. The SMILES string of the molecule is CC(O)(CNC(=O)OC(C)(C)C)CN1CCC(C(C)(C)C)C(O)C1. The lowest BCUT2D eigenvalue weighted by Crippen LogP contribution is -2.54. The van der Waals surface area contributed by atoms with Crippen molar-refractivity contribution in [2.45, 2.75) is 72.2 Å². The summed E-state index contributed by atoms with van der Waals surface area (Å²) in [6.07, 6.45) is -0.0251. The van der Waals surface area contributed by atoms with Crippen molar-refractivity contribution in [3.05, 3.63) is 0 Å². The highest BCUT2D eigenvalue weighted by molar-refractivity contribution is 5.67. The molecule has 1 aliphatic heterocycles. The first-order valence-electron chi connectivity index (χ1n) is 8.79. The van der Waals surface area contributed by atoms with Gasteiger partial charge in [0.15, 0.2) is 0 Å². The van der Waals surface area contributed by atoms with Crippen molar-refractivity contribution in [3.63, 3.8) is 0 Å². The van der Waals surface area contributed by atoms with E-state index in [0.29, 0.717) is 13.1 Å². The number of rotatable bonds is 4. The number of hydrogen-bond acceptors (Lipinski definition) is 5. The van der Waals surface area contributed by atoms with Crippen LogP contribution in [-0.4, -0.2) is 64.7 Å². The summed E-state index contributed by atoms with van der Waals surface area (Å²) in [4.78, 5) is 13.8. The highest BCUT2D eigenvalue weighted by atomic mass is 16.6. The number of β-amino-alcohol motifs (C(OH)–C–C–N with tert-alkyl or cyclic N) is 2. The molecule has 0 radical (unpaired) electrons. The lowest BCUT2D eigenvalue weighted by molar-refractivity contribution is -0.0527. The molecule has 1 amide bonds. The van der Waals surface area contributed by atoms with Crippen LogP contribution in [0.3, 0.4) is 0 Å². The Morgan fingerprint density at radius 1 is 1.21 bits per heavy atom. The molecule has 142 valence electrons. The summed E-state index contributed by atoms with van der Waals surface area (Å²) in [7, 11) is 0. The van der Waals surface area contributed by atoms with E-state index >= 15 is 0 Å². The number of piperidine rings is 1. The second-order valence-corrected chi connectivity index (χ2v) is 9.42. The minimum Gasteiger partial charge on any atom is -0.444 e. The molecule has 24 heavy (non-hydrogen) atoms. The van der Waals surface area contributed by atoms with E-state index in [1.165, 1.54) is 0 Å². The van der Waals surface area contributed by atoms with E-state index < -0.39 is 23.4 Å². The Labute approximate surface area is 146 Å². The number of aliphatic hydroxyl groups is 2. The van der Waals surface area contributed by atoms with Crippen LogP contribution < -0.4 is 5.32 Å². The summed E-state index contributed by atoms with van der Waals surface area (Å²) in [5.74, 6) is 0.263. The Bertz CT molecular complexity index is 424. The molecule has 0 aromatic rings. The number of alkyl carbamates (subject to hydrolysis) is 1. The van der Waals surface area contributed by atoms with E-state index in [4.69, 9.17) is 4.74 Å². The number of carbonyl (C=O) groups is 1. The van der Waals surface area contributed by atoms with Crippen LogP contribution in [0.4, 0.5) is 4.79 Å². The number of carbonyl (C=O) groups excluding carboxylic acids is 1. The van der Waals surface area contributed by atoms with E-state index in [2.05, 4.69) is 31.0 Å². The lowest BCUT2D eigenvalue weighted by Gasteiger charge is -2.44. The molecule has 1 heterocycles. The smallest absolute Gasteiger partial charge is 0.407 e. The summed E-state index contributed by atoms with van der Waals surface area (Å²) < 4.78 is 5.18. The Kier molecular flexibility index (Phi) is 6.70. The van der Waals surface area contributed by atoms with Crippen molar-refractivity contribution in [1.82, 2.24) is 10.2 Å². The van der Waals surface area contributed by atoms with Gasteiger partial charge in [-0.2, -0.15) is 0 Å². The first kappa shape index (κ1) is 21.2. The van der Waals surface area contributed by atoms with Crippen molar-refractivity contribution >= 4 is 6.09 Å². The van der Waals surface area contributed by atoms with Crippen LogP contribution >= 0.6 is 0 Å².